The van der Waals surface area contributed by atoms with Gasteiger partial charge >= 0.3 is 0 Å². The van der Waals surface area contributed by atoms with E-state index in [4.69, 9.17) is 0 Å². The standard InChI is InChI=1S/C18H27N.BrH/c1-3-18(17-7-5-4-6-8-17)11-12-19(13-15(18)2)14-16-9-10-16;/h4-8,15-16H,3,9-14H2,1-2H3;1H. The predicted molar refractivity (Wildman–Crippen MR) is 91.7 cm³/mol. The van der Waals surface area contributed by atoms with Crippen LogP contribution in [0, 0.1) is 11.8 Å². The van der Waals surface area contributed by atoms with Crippen LogP contribution < -0.4 is 0 Å². The van der Waals surface area contributed by atoms with Crippen molar-refractivity contribution < 1.29 is 0 Å². The first kappa shape index (κ1) is 16.0. The van der Waals surface area contributed by atoms with Gasteiger partial charge < -0.3 is 4.90 Å². The summed E-state index contributed by atoms with van der Waals surface area (Å²) in [7, 11) is 0. The van der Waals surface area contributed by atoms with Crippen LogP contribution in [0.5, 0.6) is 0 Å². The van der Waals surface area contributed by atoms with E-state index in [0.717, 1.165) is 11.8 Å². The molecular formula is C18H28BrN. The zero-order valence-electron chi connectivity index (χ0n) is 12.8. The summed E-state index contributed by atoms with van der Waals surface area (Å²) in [6.07, 6.45) is 5.56. The lowest BCUT2D eigenvalue weighted by atomic mass is 9.65. The van der Waals surface area contributed by atoms with E-state index in [-0.39, 0.29) is 17.0 Å². The van der Waals surface area contributed by atoms with Gasteiger partial charge in [-0.3, -0.25) is 0 Å². The van der Waals surface area contributed by atoms with E-state index in [2.05, 4.69) is 49.1 Å². The molecule has 3 rings (SSSR count). The summed E-state index contributed by atoms with van der Waals surface area (Å²) in [5, 5.41) is 0. The molecule has 2 atom stereocenters. The molecule has 1 saturated heterocycles. The minimum absolute atomic E-state index is 0. The second kappa shape index (κ2) is 6.62. The minimum atomic E-state index is 0. The molecule has 2 unspecified atom stereocenters. The summed E-state index contributed by atoms with van der Waals surface area (Å²) in [5.74, 6) is 1.80. The van der Waals surface area contributed by atoms with Gasteiger partial charge in [0.05, 0.1) is 0 Å². The topological polar surface area (TPSA) is 3.24 Å². The second-order valence-electron chi connectivity index (χ2n) is 6.73. The molecule has 0 N–H and O–H groups in total. The molecule has 0 amide bonds. The van der Waals surface area contributed by atoms with Gasteiger partial charge in [-0.2, -0.15) is 0 Å². The van der Waals surface area contributed by atoms with E-state index < -0.39 is 0 Å². The van der Waals surface area contributed by atoms with Crippen LogP contribution in [0.15, 0.2) is 30.3 Å². The van der Waals surface area contributed by atoms with Crippen molar-refractivity contribution in [2.75, 3.05) is 19.6 Å². The third-order valence-corrected chi connectivity index (χ3v) is 5.54. The summed E-state index contributed by atoms with van der Waals surface area (Å²) in [4.78, 5) is 2.72. The molecule has 1 aliphatic carbocycles. The summed E-state index contributed by atoms with van der Waals surface area (Å²) in [6.45, 7) is 8.79. The van der Waals surface area contributed by atoms with Gasteiger partial charge in [-0.05, 0) is 49.6 Å². The van der Waals surface area contributed by atoms with Crippen LogP contribution in [0.4, 0.5) is 0 Å². The average Bonchev–Trinajstić information content (AvgIpc) is 3.25. The Morgan fingerprint density at radius 2 is 1.90 bits per heavy atom. The van der Waals surface area contributed by atoms with Crippen molar-refractivity contribution in [3.8, 4) is 0 Å². The van der Waals surface area contributed by atoms with Crippen LogP contribution >= 0.6 is 17.0 Å². The fraction of sp³-hybridized carbons (Fsp3) is 0.667. The van der Waals surface area contributed by atoms with Gasteiger partial charge in [-0.15, -0.1) is 17.0 Å². The van der Waals surface area contributed by atoms with Crippen molar-refractivity contribution in [2.45, 2.75) is 44.9 Å². The Morgan fingerprint density at radius 1 is 1.20 bits per heavy atom. The number of rotatable bonds is 4. The van der Waals surface area contributed by atoms with Crippen molar-refractivity contribution in [3.63, 3.8) is 0 Å². The lowest BCUT2D eigenvalue weighted by Gasteiger charge is -2.47. The fourth-order valence-corrected chi connectivity index (χ4v) is 4.02. The molecule has 1 aliphatic heterocycles. The molecule has 2 heteroatoms. The van der Waals surface area contributed by atoms with Crippen molar-refractivity contribution in [1.29, 1.82) is 0 Å². The number of hydrogen-bond donors (Lipinski definition) is 0. The Labute approximate surface area is 134 Å². The highest BCUT2D eigenvalue weighted by molar-refractivity contribution is 8.93. The maximum absolute atomic E-state index is 2.72. The van der Waals surface area contributed by atoms with Gasteiger partial charge in [0, 0.05) is 18.5 Å². The van der Waals surface area contributed by atoms with Gasteiger partial charge in [0.2, 0.25) is 0 Å². The molecule has 0 spiro atoms. The summed E-state index contributed by atoms with van der Waals surface area (Å²) in [5.41, 5.74) is 1.98. The first-order chi connectivity index (χ1) is 9.24. The third kappa shape index (κ3) is 3.12. The van der Waals surface area contributed by atoms with Crippen LogP contribution in [-0.4, -0.2) is 24.5 Å². The molecule has 1 heterocycles. The van der Waals surface area contributed by atoms with Gasteiger partial charge in [0.1, 0.15) is 0 Å². The van der Waals surface area contributed by atoms with Crippen molar-refractivity contribution >= 4 is 17.0 Å². The second-order valence-corrected chi connectivity index (χ2v) is 6.73. The highest BCUT2D eigenvalue weighted by Crippen LogP contribution is 2.43. The van der Waals surface area contributed by atoms with Gasteiger partial charge in [-0.1, -0.05) is 44.2 Å². The van der Waals surface area contributed by atoms with Crippen LogP contribution in [-0.2, 0) is 5.41 Å². The SMILES string of the molecule is Br.CCC1(c2ccccc2)CCN(CC2CC2)CC1C. The first-order valence-corrected chi connectivity index (χ1v) is 8.02. The Kier molecular flexibility index (Phi) is 5.30. The largest absolute Gasteiger partial charge is 0.303 e. The lowest BCUT2D eigenvalue weighted by molar-refractivity contribution is 0.0933. The molecule has 0 aromatic heterocycles. The average molecular weight is 338 g/mol. The number of likely N-dealkylation sites (tertiary alicyclic amines) is 1. The van der Waals surface area contributed by atoms with Crippen LogP contribution in [0.25, 0.3) is 0 Å². The molecule has 2 aliphatic rings. The molecule has 1 saturated carbocycles. The Hall–Kier alpha value is -0.340. The third-order valence-electron chi connectivity index (χ3n) is 5.54. The van der Waals surface area contributed by atoms with E-state index in [1.807, 2.05) is 0 Å². The van der Waals surface area contributed by atoms with Gasteiger partial charge in [-0.25, -0.2) is 0 Å². The van der Waals surface area contributed by atoms with Gasteiger partial charge in [0.15, 0.2) is 0 Å². The quantitative estimate of drug-likeness (QED) is 0.771. The highest BCUT2D eigenvalue weighted by Gasteiger charge is 2.41. The van der Waals surface area contributed by atoms with Crippen molar-refractivity contribution in [3.05, 3.63) is 35.9 Å². The predicted octanol–water partition coefficient (Wildman–Crippen LogP) is 4.66. The Bertz CT molecular complexity index is 415. The maximum atomic E-state index is 2.72. The molecule has 20 heavy (non-hydrogen) atoms. The van der Waals surface area contributed by atoms with Crippen LogP contribution in [0.1, 0.15) is 45.1 Å². The number of hydrogen-bond acceptors (Lipinski definition) is 1. The van der Waals surface area contributed by atoms with Crippen molar-refractivity contribution in [2.24, 2.45) is 11.8 Å². The van der Waals surface area contributed by atoms with E-state index in [1.54, 1.807) is 5.56 Å². The van der Waals surface area contributed by atoms with E-state index >= 15 is 0 Å². The molecule has 112 valence electrons. The highest BCUT2D eigenvalue weighted by atomic mass is 79.9. The van der Waals surface area contributed by atoms with Crippen LogP contribution in [0.3, 0.4) is 0 Å². The smallest absolute Gasteiger partial charge is 0.00157 e. The zero-order chi connectivity index (χ0) is 13.3. The summed E-state index contributed by atoms with van der Waals surface area (Å²) >= 11 is 0. The Balaban J connectivity index is 0.00000147. The molecule has 1 aromatic carbocycles. The monoisotopic (exact) mass is 337 g/mol. The summed E-state index contributed by atoms with van der Waals surface area (Å²) < 4.78 is 0. The molecule has 1 aromatic rings. The van der Waals surface area contributed by atoms with Crippen LogP contribution in [0.2, 0.25) is 0 Å². The van der Waals surface area contributed by atoms with E-state index in [0.29, 0.717) is 5.41 Å². The number of benzene rings is 1. The fourth-order valence-electron chi connectivity index (χ4n) is 4.02. The normalized spacial score (nSPS) is 30.8. The van der Waals surface area contributed by atoms with E-state index in [9.17, 15) is 0 Å². The Morgan fingerprint density at radius 3 is 2.45 bits per heavy atom. The molecule has 0 bridgehead atoms. The molecule has 1 nitrogen and oxygen atoms in total. The number of halogens is 1. The molecule has 0 radical (unpaired) electrons. The lowest BCUT2D eigenvalue weighted by Crippen LogP contribution is -2.49. The molecule has 2 fully saturated rings. The first-order valence-electron chi connectivity index (χ1n) is 8.02. The summed E-state index contributed by atoms with van der Waals surface area (Å²) in [6, 6.07) is 11.2. The van der Waals surface area contributed by atoms with Gasteiger partial charge in [0.25, 0.3) is 0 Å². The maximum Gasteiger partial charge on any atom is 0.00157 e. The number of nitrogens with zero attached hydrogens (tertiary/aromatic N) is 1. The van der Waals surface area contributed by atoms with Crippen molar-refractivity contribution in [1.82, 2.24) is 4.90 Å². The van der Waals surface area contributed by atoms with E-state index in [1.165, 1.54) is 45.3 Å². The minimum Gasteiger partial charge on any atom is -0.303 e. The zero-order valence-corrected chi connectivity index (χ0v) is 14.6. The number of piperidine rings is 1. The molecular weight excluding hydrogens is 310 g/mol.